The fourth-order valence-electron chi connectivity index (χ4n) is 3.87. The van der Waals surface area contributed by atoms with E-state index < -0.39 is 0 Å². The van der Waals surface area contributed by atoms with E-state index >= 15 is 0 Å². The number of carbonyl (C=O) groups excluding carboxylic acids is 1. The maximum atomic E-state index is 12.3. The van der Waals surface area contributed by atoms with Crippen LogP contribution in [0.3, 0.4) is 0 Å². The van der Waals surface area contributed by atoms with Gasteiger partial charge >= 0.3 is 0 Å². The number of hydrogen-bond acceptors (Lipinski definition) is 5. The van der Waals surface area contributed by atoms with Gasteiger partial charge in [0.2, 0.25) is 5.91 Å². The molecule has 3 aromatic heterocycles. The molecule has 2 atom stereocenters. The first-order chi connectivity index (χ1) is 13.7. The molecule has 0 aliphatic carbocycles. The van der Waals surface area contributed by atoms with Gasteiger partial charge in [0.25, 0.3) is 0 Å². The molecule has 7 nitrogen and oxygen atoms in total. The first-order valence-electron chi connectivity index (χ1n) is 9.36. The average molecular weight is 374 g/mol. The Kier molecular flexibility index (Phi) is 4.94. The highest BCUT2D eigenvalue weighted by Gasteiger charge is 2.28. The largest absolute Gasteiger partial charge is 0.379 e. The number of nitrogens with one attached hydrogen (secondary N) is 2. The zero-order chi connectivity index (χ0) is 19.5. The van der Waals surface area contributed by atoms with Crippen LogP contribution in [0.2, 0.25) is 0 Å². The molecule has 3 aromatic rings. The molecule has 1 aliphatic rings. The van der Waals surface area contributed by atoms with Gasteiger partial charge in [0.15, 0.2) is 0 Å². The molecule has 0 bridgehead atoms. The van der Waals surface area contributed by atoms with Crippen molar-refractivity contribution in [2.24, 2.45) is 5.92 Å². The predicted molar refractivity (Wildman–Crippen MR) is 108 cm³/mol. The number of fused-ring (bicyclic) bond motifs is 1. The minimum atomic E-state index is 0.0124. The van der Waals surface area contributed by atoms with Crippen LogP contribution in [0.15, 0.2) is 37.1 Å². The Morgan fingerprint density at radius 3 is 3.07 bits per heavy atom. The minimum absolute atomic E-state index is 0.0124. The minimum Gasteiger partial charge on any atom is -0.379 e. The van der Waals surface area contributed by atoms with Crippen molar-refractivity contribution < 1.29 is 4.79 Å². The van der Waals surface area contributed by atoms with Gasteiger partial charge in [-0.15, -0.1) is 6.42 Å². The lowest BCUT2D eigenvalue weighted by Gasteiger charge is -2.37. The molecule has 0 spiro atoms. The standard InChI is InChI=1S/C21H22N6O/c1-3-4-19(28)27-11-14(2)9-15(12-27)26-20-16-5-8-23-21(16)24-10-17(20)18-6-7-22-13-25-18/h1,5-8,10,13-15H,4,9,11-12H2,2H3,(H2,23,24,26)/t14-,15+/m0/s1. The first-order valence-corrected chi connectivity index (χ1v) is 9.36. The van der Waals surface area contributed by atoms with Crippen LogP contribution in [0, 0.1) is 18.3 Å². The third-order valence-electron chi connectivity index (χ3n) is 5.06. The van der Waals surface area contributed by atoms with E-state index in [-0.39, 0.29) is 18.4 Å². The molecule has 1 aliphatic heterocycles. The molecule has 0 unspecified atom stereocenters. The highest BCUT2D eigenvalue weighted by Crippen LogP contribution is 2.34. The number of anilines is 1. The number of pyridine rings is 1. The second kappa shape index (κ2) is 7.69. The Balaban J connectivity index is 1.68. The second-order valence-corrected chi connectivity index (χ2v) is 7.24. The van der Waals surface area contributed by atoms with Crippen molar-refractivity contribution in [2.45, 2.75) is 25.8 Å². The summed E-state index contributed by atoms with van der Waals surface area (Å²) in [6, 6.07) is 3.99. The zero-order valence-corrected chi connectivity index (χ0v) is 15.7. The number of rotatable bonds is 4. The normalized spacial score (nSPS) is 19.4. The van der Waals surface area contributed by atoms with E-state index in [1.54, 1.807) is 6.20 Å². The molecule has 7 heteroatoms. The van der Waals surface area contributed by atoms with Gasteiger partial charge in [0.1, 0.15) is 12.0 Å². The van der Waals surface area contributed by atoms with Gasteiger partial charge in [-0.2, -0.15) is 0 Å². The summed E-state index contributed by atoms with van der Waals surface area (Å²) in [6.45, 7) is 3.53. The Morgan fingerprint density at radius 2 is 2.29 bits per heavy atom. The number of H-pyrrole nitrogens is 1. The molecule has 1 saturated heterocycles. The van der Waals surface area contributed by atoms with Crippen molar-refractivity contribution in [1.29, 1.82) is 0 Å². The lowest BCUT2D eigenvalue weighted by atomic mass is 9.95. The van der Waals surface area contributed by atoms with Crippen LogP contribution in [0.4, 0.5) is 5.69 Å². The molecule has 2 N–H and O–H groups in total. The summed E-state index contributed by atoms with van der Waals surface area (Å²) in [5.41, 5.74) is 3.49. The van der Waals surface area contributed by atoms with E-state index in [2.05, 4.69) is 38.1 Å². The number of likely N-dealkylation sites (tertiary alicyclic amines) is 1. The summed E-state index contributed by atoms with van der Waals surface area (Å²) in [7, 11) is 0. The second-order valence-electron chi connectivity index (χ2n) is 7.24. The van der Waals surface area contributed by atoms with Crippen molar-refractivity contribution in [3.8, 4) is 23.6 Å². The zero-order valence-electron chi connectivity index (χ0n) is 15.7. The number of piperidine rings is 1. The summed E-state index contributed by atoms with van der Waals surface area (Å²) in [5.74, 6) is 2.86. The Labute approximate surface area is 163 Å². The van der Waals surface area contributed by atoms with Gasteiger partial charge in [-0.1, -0.05) is 12.8 Å². The molecule has 1 amide bonds. The van der Waals surface area contributed by atoms with Crippen molar-refractivity contribution in [2.75, 3.05) is 18.4 Å². The highest BCUT2D eigenvalue weighted by atomic mass is 16.2. The molecular weight excluding hydrogens is 352 g/mol. The summed E-state index contributed by atoms with van der Waals surface area (Å²) >= 11 is 0. The molecule has 4 heterocycles. The number of aromatic amines is 1. The van der Waals surface area contributed by atoms with Crippen LogP contribution >= 0.6 is 0 Å². The smallest absolute Gasteiger partial charge is 0.234 e. The molecule has 0 radical (unpaired) electrons. The van der Waals surface area contributed by atoms with Gasteiger partial charge in [-0.3, -0.25) is 4.79 Å². The SMILES string of the molecule is C#CCC(=O)N1C[C@@H](C)C[C@@H](Nc2c(-c3ccncn3)cnc3[nH]ccc23)C1. The molecule has 0 aromatic carbocycles. The first kappa shape index (κ1) is 18.0. The molecular formula is C21H22N6O. The van der Waals surface area contributed by atoms with Gasteiger partial charge in [-0.25, -0.2) is 15.0 Å². The predicted octanol–water partition coefficient (Wildman–Crippen LogP) is 2.69. The van der Waals surface area contributed by atoms with E-state index in [1.807, 2.05) is 29.4 Å². The highest BCUT2D eigenvalue weighted by molar-refractivity contribution is 5.97. The van der Waals surface area contributed by atoms with Gasteiger partial charge in [0.05, 0.1) is 17.8 Å². The number of aromatic nitrogens is 4. The molecule has 4 rings (SSSR count). The van der Waals surface area contributed by atoms with Gasteiger partial charge in [0, 0.05) is 48.7 Å². The fourth-order valence-corrected chi connectivity index (χ4v) is 3.87. The summed E-state index contributed by atoms with van der Waals surface area (Å²) in [4.78, 5) is 30.3. The van der Waals surface area contributed by atoms with E-state index in [1.165, 1.54) is 6.33 Å². The summed E-state index contributed by atoms with van der Waals surface area (Å²) in [6.07, 6.45) is 13.4. The van der Waals surface area contributed by atoms with E-state index in [9.17, 15) is 4.79 Å². The summed E-state index contributed by atoms with van der Waals surface area (Å²) in [5, 5.41) is 4.66. The molecule has 0 saturated carbocycles. The maximum absolute atomic E-state index is 12.3. The topological polar surface area (TPSA) is 86.8 Å². The van der Waals surface area contributed by atoms with Crippen LogP contribution in [-0.4, -0.2) is 49.9 Å². The van der Waals surface area contributed by atoms with Crippen molar-refractivity contribution in [3.63, 3.8) is 0 Å². The van der Waals surface area contributed by atoms with Crippen LogP contribution in [0.25, 0.3) is 22.3 Å². The lowest BCUT2D eigenvalue weighted by molar-refractivity contribution is -0.131. The Morgan fingerprint density at radius 1 is 1.39 bits per heavy atom. The molecule has 1 fully saturated rings. The Hall–Kier alpha value is -3.40. The fraction of sp³-hybridized carbons (Fsp3) is 0.333. The van der Waals surface area contributed by atoms with Crippen molar-refractivity contribution in [3.05, 3.63) is 37.1 Å². The number of terminal acetylenes is 1. The van der Waals surface area contributed by atoms with E-state index in [0.29, 0.717) is 12.5 Å². The number of carbonyl (C=O) groups is 1. The quantitative estimate of drug-likeness (QED) is 0.686. The Bertz CT molecular complexity index is 1020. The summed E-state index contributed by atoms with van der Waals surface area (Å²) < 4.78 is 0. The number of nitrogens with zero attached hydrogens (tertiary/aromatic N) is 4. The third kappa shape index (κ3) is 3.54. The van der Waals surface area contributed by atoms with Crippen LogP contribution in [0.5, 0.6) is 0 Å². The maximum Gasteiger partial charge on any atom is 0.234 e. The van der Waals surface area contributed by atoms with E-state index in [4.69, 9.17) is 6.42 Å². The van der Waals surface area contributed by atoms with E-state index in [0.717, 1.165) is 40.9 Å². The van der Waals surface area contributed by atoms with Gasteiger partial charge < -0.3 is 15.2 Å². The lowest BCUT2D eigenvalue weighted by Crippen LogP contribution is -2.48. The monoisotopic (exact) mass is 374 g/mol. The third-order valence-corrected chi connectivity index (χ3v) is 5.06. The average Bonchev–Trinajstić information content (AvgIpc) is 3.18. The van der Waals surface area contributed by atoms with Crippen LogP contribution in [0.1, 0.15) is 19.8 Å². The van der Waals surface area contributed by atoms with Crippen LogP contribution in [-0.2, 0) is 4.79 Å². The number of amides is 1. The molecule has 142 valence electrons. The van der Waals surface area contributed by atoms with Gasteiger partial charge in [-0.05, 0) is 24.5 Å². The van der Waals surface area contributed by atoms with Crippen molar-refractivity contribution in [1.82, 2.24) is 24.8 Å². The molecule has 28 heavy (non-hydrogen) atoms. The van der Waals surface area contributed by atoms with Crippen LogP contribution < -0.4 is 5.32 Å². The van der Waals surface area contributed by atoms with Crippen molar-refractivity contribution >= 4 is 22.6 Å². The number of hydrogen-bond donors (Lipinski definition) is 2.